The molecule has 64 valence electrons. The van der Waals surface area contributed by atoms with E-state index in [-0.39, 0.29) is 193 Å². The Morgan fingerprint density at radius 1 is 0.867 bits per heavy atom. The first kappa shape index (κ1) is 49.8. The summed E-state index contributed by atoms with van der Waals surface area (Å²) in [7, 11) is -5.39. The molecule has 15 heavy (non-hydrogen) atoms. The standard InChI is InChI=1S/CH2O3.4Ca.ClH.Na.H3O4P/c2-1(3)4;;;;;;;1-5(2,3)4/h(H2,2,3,4);;;;;1H;;(H3,1,2,3,4)/q;4*+2;;+1;/p-6. The van der Waals surface area contributed by atoms with Gasteiger partial charge in [0.15, 0.2) is 0 Å². The Hall–Kier alpha value is 5.71. The minimum atomic E-state index is -5.39. The number of carboxylic acid groups (broad SMARTS) is 2. The van der Waals surface area contributed by atoms with E-state index in [0.717, 1.165) is 0 Å². The van der Waals surface area contributed by atoms with Crippen molar-refractivity contribution in [3.05, 3.63) is 0 Å². The molecule has 7 nitrogen and oxygen atoms in total. The van der Waals surface area contributed by atoms with E-state index in [0.29, 0.717) is 0 Å². The van der Waals surface area contributed by atoms with Gasteiger partial charge in [0, 0.05) is 0 Å². The Balaban J connectivity index is -0.00000000785. The van der Waals surface area contributed by atoms with Crippen LogP contribution in [0, 0.1) is 0 Å². The first-order valence-electron chi connectivity index (χ1n) is 1.34. The van der Waals surface area contributed by atoms with Crippen molar-refractivity contribution in [2.24, 2.45) is 0 Å². The van der Waals surface area contributed by atoms with Gasteiger partial charge in [-0.2, -0.15) is 7.82 Å². The van der Waals surface area contributed by atoms with Crippen LogP contribution in [0.15, 0.2) is 0 Å². The van der Waals surface area contributed by atoms with Crippen LogP contribution in [0.2, 0.25) is 0 Å². The molecular weight excluding hydrogens is 374 g/mol. The summed E-state index contributed by atoms with van der Waals surface area (Å²) in [6.07, 6.45) is -2.33. The molecular formula is CCa4ClNaO7P+3. The summed E-state index contributed by atoms with van der Waals surface area (Å²) in [5, 5.41) is 16.7. The number of phosphoric acid groups is 1. The molecule has 0 aromatic heterocycles. The van der Waals surface area contributed by atoms with Gasteiger partial charge in [-0.3, -0.25) is 0 Å². The van der Waals surface area contributed by atoms with E-state index in [2.05, 4.69) is 0 Å². The Kier molecular flexibility index (Phi) is 106. The third-order valence-electron chi connectivity index (χ3n) is 0. The van der Waals surface area contributed by atoms with E-state index < -0.39 is 14.0 Å². The number of carbonyl (C=O) groups is 1. The summed E-state index contributed by atoms with van der Waals surface area (Å²) < 4.78 is 8.55. The Morgan fingerprint density at radius 2 is 0.867 bits per heavy atom. The van der Waals surface area contributed by atoms with Gasteiger partial charge in [-0.25, -0.2) is 0 Å². The molecule has 0 rings (SSSR count). The first-order valence-corrected chi connectivity index (χ1v) is 2.80. The molecule has 0 amide bonds. The maximum Gasteiger partial charge on any atom is 2.00 e. The van der Waals surface area contributed by atoms with Gasteiger partial charge in [0.25, 0.3) is 0 Å². The molecule has 0 aliphatic heterocycles. The minimum Gasteiger partial charge on any atom is -1.00 e. The van der Waals surface area contributed by atoms with Crippen molar-refractivity contribution in [1.29, 1.82) is 0 Å². The fraction of sp³-hybridized carbons (Fsp3) is 0. The van der Waals surface area contributed by atoms with Gasteiger partial charge in [0.2, 0.25) is 0 Å². The predicted octanol–water partition coefficient (Wildman–Crippen LogP) is -12.8. The number of halogens is 1. The van der Waals surface area contributed by atoms with E-state index in [1.165, 1.54) is 0 Å². The summed E-state index contributed by atoms with van der Waals surface area (Å²) in [5.41, 5.74) is 0. The van der Waals surface area contributed by atoms with E-state index in [1.54, 1.807) is 0 Å². The maximum atomic E-state index is 8.55. The zero-order chi connectivity index (χ0) is 8.08. The van der Waals surface area contributed by atoms with Crippen molar-refractivity contribution in [3.63, 3.8) is 0 Å². The van der Waals surface area contributed by atoms with Crippen molar-refractivity contribution in [2.45, 2.75) is 0 Å². The zero-order valence-electron chi connectivity index (χ0n) is 8.01. The van der Waals surface area contributed by atoms with Gasteiger partial charge >= 0.3 is 181 Å². The minimum absolute atomic E-state index is 0. The quantitative estimate of drug-likeness (QED) is 0.302. The second-order valence-corrected chi connectivity index (χ2v) is 1.59. The van der Waals surface area contributed by atoms with Gasteiger partial charge < -0.3 is 46.7 Å². The predicted molar refractivity (Wildman–Crippen MR) is 36.0 cm³/mol. The third-order valence-corrected chi connectivity index (χ3v) is 0. The van der Waals surface area contributed by atoms with Crippen LogP contribution < -0.4 is 66.9 Å². The molecule has 0 aromatic carbocycles. The van der Waals surface area contributed by atoms with Crippen LogP contribution >= 0.6 is 7.82 Å². The number of rotatable bonds is 0. The molecule has 0 aliphatic rings. The smallest absolute Gasteiger partial charge is 1.00 e. The topological polar surface area (TPSA) is 149 Å². The van der Waals surface area contributed by atoms with Gasteiger partial charge in [-0.15, -0.1) is 0 Å². The summed E-state index contributed by atoms with van der Waals surface area (Å²) in [6.45, 7) is 0. The molecule has 0 saturated heterocycles. The molecule has 0 radical (unpaired) electrons. The Bertz CT molecular complexity index is 131. The molecule has 0 heterocycles. The molecule has 0 bridgehead atoms. The summed E-state index contributed by atoms with van der Waals surface area (Å²) in [4.78, 5) is 34.0. The molecule has 0 N–H and O–H groups in total. The van der Waals surface area contributed by atoms with Crippen LogP contribution in [0.1, 0.15) is 0 Å². The molecule has 0 saturated carbocycles. The van der Waals surface area contributed by atoms with Crippen molar-refractivity contribution < 1.29 is 76.2 Å². The average Bonchev–Trinajstić information content (AvgIpc) is 1.19. The average molecular weight is 374 g/mol. The third kappa shape index (κ3) is 190. The summed E-state index contributed by atoms with van der Waals surface area (Å²) in [6, 6.07) is 0. The second-order valence-electron chi connectivity index (χ2n) is 0.697. The number of carbonyl (C=O) groups excluding carboxylic acids is 1. The Morgan fingerprint density at radius 3 is 0.867 bits per heavy atom. The molecule has 0 atom stereocenters. The fourth-order valence-electron chi connectivity index (χ4n) is 0. The first-order chi connectivity index (χ1) is 3.73. The van der Waals surface area contributed by atoms with Gasteiger partial charge in [0.1, 0.15) is 0 Å². The van der Waals surface area contributed by atoms with Gasteiger partial charge in [-0.05, 0) is 6.16 Å². The van der Waals surface area contributed by atoms with Gasteiger partial charge in [0.05, 0.1) is 0 Å². The molecule has 0 aliphatic carbocycles. The maximum absolute atomic E-state index is 8.55. The van der Waals surface area contributed by atoms with Crippen molar-refractivity contribution in [2.75, 3.05) is 0 Å². The monoisotopic (exact) mass is 373 g/mol. The number of hydrogen-bond acceptors (Lipinski definition) is 7. The van der Waals surface area contributed by atoms with Crippen molar-refractivity contribution in [1.82, 2.24) is 0 Å². The van der Waals surface area contributed by atoms with Crippen LogP contribution in [0.25, 0.3) is 0 Å². The zero-order valence-corrected chi connectivity index (χ0v) is 20.5. The van der Waals surface area contributed by atoms with Crippen LogP contribution in [0.4, 0.5) is 4.79 Å². The largest absolute Gasteiger partial charge is 2.00 e. The van der Waals surface area contributed by atoms with Crippen LogP contribution in [-0.4, -0.2) is 157 Å². The molecule has 0 unspecified atom stereocenters. The van der Waals surface area contributed by atoms with E-state index in [4.69, 9.17) is 34.3 Å². The number of hydrogen-bond donors (Lipinski definition) is 0. The van der Waals surface area contributed by atoms with Crippen LogP contribution in [0.5, 0.6) is 0 Å². The molecule has 0 fully saturated rings. The van der Waals surface area contributed by atoms with Crippen molar-refractivity contribution >= 4 is 165 Å². The van der Waals surface area contributed by atoms with E-state index >= 15 is 0 Å². The molecule has 0 aromatic rings. The molecule has 0 spiro atoms. The molecule has 14 heteroatoms. The fourth-order valence-corrected chi connectivity index (χ4v) is 0. The SMILES string of the molecule is O=C([O-])[O-].O=P([O-])([O-])[O-].[Ca+2].[Ca+2].[Ca+2].[Ca+2].[Cl-].[Na+]. The van der Waals surface area contributed by atoms with E-state index in [9.17, 15) is 0 Å². The van der Waals surface area contributed by atoms with E-state index in [1.807, 2.05) is 0 Å². The normalized spacial score (nSPS) is 5.53. The summed E-state index contributed by atoms with van der Waals surface area (Å²) >= 11 is 0. The van der Waals surface area contributed by atoms with Crippen molar-refractivity contribution in [3.8, 4) is 0 Å². The van der Waals surface area contributed by atoms with Crippen LogP contribution in [0.3, 0.4) is 0 Å². The Labute approximate surface area is 234 Å². The van der Waals surface area contributed by atoms with Crippen LogP contribution in [-0.2, 0) is 4.57 Å². The second kappa shape index (κ2) is 31.9. The summed E-state index contributed by atoms with van der Waals surface area (Å²) in [5.74, 6) is 0. The van der Waals surface area contributed by atoms with Gasteiger partial charge in [-0.1, -0.05) is 0 Å².